The van der Waals surface area contributed by atoms with Crippen LogP contribution < -0.4 is 14.6 Å². The van der Waals surface area contributed by atoms with Gasteiger partial charge in [-0.2, -0.15) is 0 Å². The molecular formula is C12H15O4-. The fourth-order valence-corrected chi connectivity index (χ4v) is 1.24. The van der Waals surface area contributed by atoms with Gasteiger partial charge in [0.05, 0.1) is 13.2 Å². The molecule has 0 bridgehead atoms. The lowest BCUT2D eigenvalue weighted by atomic mass is 10.3. The second-order valence-corrected chi connectivity index (χ2v) is 3.20. The number of aliphatic carboxylic acids is 1. The largest absolute Gasteiger partial charge is 0.550 e. The van der Waals surface area contributed by atoms with E-state index in [-0.39, 0.29) is 6.42 Å². The monoisotopic (exact) mass is 223 g/mol. The number of para-hydroxylation sites is 2. The van der Waals surface area contributed by atoms with E-state index in [1.54, 1.807) is 6.07 Å². The maximum absolute atomic E-state index is 10.2. The first kappa shape index (κ1) is 12.4. The van der Waals surface area contributed by atoms with Crippen LogP contribution in [0.5, 0.6) is 11.5 Å². The summed E-state index contributed by atoms with van der Waals surface area (Å²) in [5.74, 6) is 0.267. The molecule has 4 nitrogen and oxygen atoms in total. The first-order chi connectivity index (χ1) is 7.74. The van der Waals surface area contributed by atoms with Gasteiger partial charge in [-0.1, -0.05) is 12.1 Å². The highest BCUT2D eigenvalue weighted by molar-refractivity contribution is 5.64. The lowest BCUT2D eigenvalue weighted by Gasteiger charge is -2.11. The van der Waals surface area contributed by atoms with Crippen molar-refractivity contribution in [1.29, 1.82) is 0 Å². The van der Waals surface area contributed by atoms with Crippen LogP contribution in [0.4, 0.5) is 0 Å². The number of benzene rings is 1. The van der Waals surface area contributed by atoms with Gasteiger partial charge in [-0.15, -0.1) is 0 Å². The maximum atomic E-state index is 10.2. The fraction of sp³-hybridized carbons (Fsp3) is 0.417. The fourth-order valence-electron chi connectivity index (χ4n) is 1.24. The van der Waals surface area contributed by atoms with Crippen molar-refractivity contribution >= 4 is 5.97 Å². The van der Waals surface area contributed by atoms with Gasteiger partial charge in [0.1, 0.15) is 0 Å². The first-order valence-electron chi connectivity index (χ1n) is 5.28. The molecule has 0 spiro atoms. The highest BCUT2D eigenvalue weighted by Gasteiger charge is 2.02. The van der Waals surface area contributed by atoms with E-state index in [0.29, 0.717) is 31.1 Å². The van der Waals surface area contributed by atoms with Gasteiger partial charge in [-0.25, -0.2) is 0 Å². The van der Waals surface area contributed by atoms with Crippen LogP contribution in [0.3, 0.4) is 0 Å². The van der Waals surface area contributed by atoms with Gasteiger partial charge >= 0.3 is 0 Å². The lowest BCUT2D eigenvalue weighted by Crippen LogP contribution is -2.22. The van der Waals surface area contributed by atoms with Crippen molar-refractivity contribution < 1.29 is 19.4 Å². The summed E-state index contributed by atoms with van der Waals surface area (Å²) in [6.45, 7) is 2.81. The third-order valence-electron chi connectivity index (χ3n) is 1.93. The molecule has 0 aliphatic carbocycles. The Morgan fingerprint density at radius 3 is 2.44 bits per heavy atom. The molecule has 0 aliphatic heterocycles. The number of ether oxygens (including phenoxy) is 2. The van der Waals surface area contributed by atoms with Crippen LogP contribution in [-0.2, 0) is 4.79 Å². The molecule has 0 atom stereocenters. The molecule has 0 fully saturated rings. The number of carbonyl (C=O) groups excluding carboxylic acids is 1. The van der Waals surface area contributed by atoms with Crippen molar-refractivity contribution in [3.05, 3.63) is 24.3 Å². The molecule has 16 heavy (non-hydrogen) atoms. The summed E-state index contributed by atoms with van der Waals surface area (Å²) in [5, 5.41) is 10.2. The summed E-state index contributed by atoms with van der Waals surface area (Å²) in [5.41, 5.74) is 0. The molecule has 0 saturated carbocycles. The lowest BCUT2D eigenvalue weighted by molar-refractivity contribution is -0.305. The van der Waals surface area contributed by atoms with E-state index in [9.17, 15) is 9.90 Å². The minimum absolute atomic E-state index is 0.0107. The maximum Gasteiger partial charge on any atom is 0.161 e. The zero-order valence-corrected chi connectivity index (χ0v) is 9.27. The van der Waals surface area contributed by atoms with E-state index in [4.69, 9.17) is 9.47 Å². The quantitative estimate of drug-likeness (QED) is 0.647. The molecule has 1 rings (SSSR count). The minimum Gasteiger partial charge on any atom is -0.550 e. The van der Waals surface area contributed by atoms with Crippen molar-refractivity contribution in [2.75, 3.05) is 13.2 Å². The molecule has 0 aliphatic rings. The van der Waals surface area contributed by atoms with Crippen molar-refractivity contribution in [3.8, 4) is 11.5 Å². The zero-order chi connectivity index (χ0) is 11.8. The Balaban J connectivity index is 2.43. The number of carbonyl (C=O) groups is 1. The number of hydrogen-bond donors (Lipinski definition) is 0. The third kappa shape index (κ3) is 4.21. The molecule has 0 N–H and O–H groups in total. The zero-order valence-electron chi connectivity index (χ0n) is 9.27. The Morgan fingerprint density at radius 1 is 1.25 bits per heavy atom. The van der Waals surface area contributed by atoms with Crippen LogP contribution in [0.25, 0.3) is 0 Å². The second-order valence-electron chi connectivity index (χ2n) is 3.20. The number of rotatable bonds is 7. The molecule has 0 aromatic heterocycles. The van der Waals surface area contributed by atoms with Crippen LogP contribution in [0, 0.1) is 0 Å². The topological polar surface area (TPSA) is 58.6 Å². The SMILES string of the molecule is CCOc1ccccc1OCCCC(=O)[O-]. The van der Waals surface area contributed by atoms with Gasteiger partial charge in [0.15, 0.2) is 11.5 Å². The third-order valence-corrected chi connectivity index (χ3v) is 1.93. The molecule has 1 aromatic carbocycles. The minimum atomic E-state index is -1.05. The average molecular weight is 223 g/mol. The second kappa shape index (κ2) is 6.71. The van der Waals surface area contributed by atoms with E-state index in [2.05, 4.69) is 0 Å². The molecule has 0 radical (unpaired) electrons. The van der Waals surface area contributed by atoms with E-state index >= 15 is 0 Å². The van der Waals surface area contributed by atoms with Crippen LogP contribution in [0.1, 0.15) is 19.8 Å². The summed E-state index contributed by atoms with van der Waals surface area (Å²) in [6.07, 6.45) is 0.444. The predicted molar refractivity (Wildman–Crippen MR) is 57.3 cm³/mol. The van der Waals surface area contributed by atoms with Crippen molar-refractivity contribution in [3.63, 3.8) is 0 Å². The predicted octanol–water partition coefficient (Wildman–Crippen LogP) is 0.994. The Kier molecular flexibility index (Phi) is 5.19. The Bertz CT molecular complexity index is 336. The van der Waals surface area contributed by atoms with Gasteiger partial charge < -0.3 is 19.4 Å². The smallest absolute Gasteiger partial charge is 0.161 e. The molecule has 4 heteroatoms. The molecule has 1 aromatic rings. The van der Waals surface area contributed by atoms with Gasteiger partial charge in [0, 0.05) is 5.97 Å². The van der Waals surface area contributed by atoms with Gasteiger partial charge in [0.25, 0.3) is 0 Å². The first-order valence-corrected chi connectivity index (χ1v) is 5.28. The summed E-state index contributed by atoms with van der Waals surface area (Å²) < 4.78 is 10.8. The van der Waals surface area contributed by atoms with Crippen LogP contribution >= 0.6 is 0 Å². The Morgan fingerprint density at radius 2 is 1.88 bits per heavy atom. The standard InChI is InChI=1S/C12H16O4/c1-2-15-10-6-3-4-7-11(10)16-9-5-8-12(13)14/h3-4,6-7H,2,5,8-9H2,1H3,(H,13,14)/p-1. The van der Waals surface area contributed by atoms with Crippen molar-refractivity contribution in [1.82, 2.24) is 0 Å². The Labute approximate surface area is 94.8 Å². The number of carboxylic acid groups (broad SMARTS) is 1. The van der Waals surface area contributed by atoms with Gasteiger partial charge in [0.2, 0.25) is 0 Å². The van der Waals surface area contributed by atoms with E-state index in [0.717, 1.165) is 0 Å². The summed E-state index contributed by atoms with van der Waals surface area (Å²) in [7, 11) is 0. The van der Waals surface area contributed by atoms with E-state index < -0.39 is 5.97 Å². The molecule has 88 valence electrons. The summed E-state index contributed by atoms with van der Waals surface area (Å²) in [6, 6.07) is 7.32. The molecule has 0 saturated heterocycles. The highest BCUT2D eigenvalue weighted by Crippen LogP contribution is 2.26. The molecule has 0 amide bonds. The number of hydrogen-bond acceptors (Lipinski definition) is 4. The van der Waals surface area contributed by atoms with Crippen LogP contribution in [-0.4, -0.2) is 19.2 Å². The average Bonchev–Trinajstić information content (AvgIpc) is 2.26. The van der Waals surface area contributed by atoms with E-state index in [1.807, 2.05) is 25.1 Å². The highest BCUT2D eigenvalue weighted by atomic mass is 16.5. The molecule has 0 unspecified atom stereocenters. The normalized spacial score (nSPS) is 9.81. The van der Waals surface area contributed by atoms with Gasteiger partial charge in [-0.3, -0.25) is 0 Å². The Hall–Kier alpha value is -1.71. The van der Waals surface area contributed by atoms with Crippen LogP contribution in [0.15, 0.2) is 24.3 Å². The molecule has 0 heterocycles. The molecular weight excluding hydrogens is 208 g/mol. The van der Waals surface area contributed by atoms with E-state index in [1.165, 1.54) is 0 Å². The van der Waals surface area contributed by atoms with Crippen LogP contribution in [0.2, 0.25) is 0 Å². The van der Waals surface area contributed by atoms with Crippen molar-refractivity contribution in [2.24, 2.45) is 0 Å². The summed E-state index contributed by atoms with van der Waals surface area (Å²) in [4.78, 5) is 10.2. The summed E-state index contributed by atoms with van der Waals surface area (Å²) >= 11 is 0. The van der Waals surface area contributed by atoms with Crippen molar-refractivity contribution in [2.45, 2.75) is 19.8 Å². The van der Waals surface area contributed by atoms with Gasteiger partial charge in [-0.05, 0) is 31.9 Å². The number of carboxylic acids is 1.